The minimum Gasteiger partial charge on any atom is -0.335 e. The first kappa shape index (κ1) is 7.09. The number of nitrogens with one attached hydrogen (secondary N) is 2. The van der Waals surface area contributed by atoms with Crippen molar-refractivity contribution in [3.63, 3.8) is 0 Å². The van der Waals surface area contributed by atoms with E-state index in [1.165, 1.54) is 12.8 Å². The summed E-state index contributed by atoms with van der Waals surface area (Å²) in [5, 5.41) is 3.54. The molecule has 3 atom stereocenters. The van der Waals surface area contributed by atoms with Crippen LogP contribution in [0.4, 0.5) is 0 Å². The second-order valence-corrected chi connectivity index (χ2v) is 4.53. The first-order valence-corrected chi connectivity index (χ1v) is 5.08. The average molecular weight is 228 g/mol. The van der Waals surface area contributed by atoms with Crippen LogP contribution in [0.3, 0.4) is 0 Å². The van der Waals surface area contributed by atoms with Gasteiger partial charge in [0.2, 0.25) is 0 Å². The monoisotopic (exact) mass is 227 g/mol. The zero-order chi connectivity index (χ0) is 8.13. The molecule has 1 aromatic rings. The van der Waals surface area contributed by atoms with Crippen molar-refractivity contribution in [2.45, 2.75) is 24.9 Å². The van der Waals surface area contributed by atoms with Gasteiger partial charge in [-0.15, -0.1) is 0 Å². The maximum Gasteiger partial charge on any atom is 0.124 e. The molecular formula is C8H10BrN3. The fourth-order valence-corrected chi connectivity index (χ4v) is 2.33. The van der Waals surface area contributed by atoms with Crippen molar-refractivity contribution in [2.24, 2.45) is 5.92 Å². The summed E-state index contributed by atoms with van der Waals surface area (Å²) < 4.78 is 0.972. The zero-order valence-electron chi connectivity index (χ0n) is 6.55. The van der Waals surface area contributed by atoms with Crippen LogP contribution in [-0.4, -0.2) is 16.0 Å². The second kappa shape index (κ2) is 2.33. The van der Waals surface area contributed by atoms with E-state index in [0.717, 1.165) is 22.4 Å². The minimum absolute atomic E-state index is 0.472. The van der Waals surface area contributed by atoms with Crippen molar-refractivity contribution in [3.8, 4) is 0 Å². The Kier molecular flexibility index (Phi) is 1.37. The van der Waals surface area contributed by atoms with Crippen molar-refractivity contribution in [3.05, 3.63) is 16.6 Å². The van der Waals surface area contributed by atoms with Crippen LogP contribution in [-0.2, 0) is 0 Å². The van der Waals surface area contributed by atoms with Gasteiger partial charge < -0.3 is 10.3 Å². The van der Waals surface area contributed by atoms with E-state index >= 15 is 0 Å². The number of aromatic nitrogens is 2. The van der Waals surface area contributed by atoms with Gasteiger partial charge in [-0.05, 0) is 34.7 Å². The zero-order valence-corrected chi connectivity index (χ0v) is 8.13. The summed E-state index contributed by atoms with van der Waals surface area (Å²) in [6.45, 7) is 0. The second-order valence-electron chi connectivity index (χ2n) is 3.67. The molecule has 0 unspecified atom stereocenters. The maximum absolute atomic E-state index is 4.29. The molecular weight excluding hydrogens is 218 g/mol. The summed E-state index contributed by atoms with van der Waals surface area (Å²) in [6.07, 6.45) is 4.45. The standard InChI is InChI=1S/C8H10BrN3/c9-7-3-10-8(12-7)6-2-4-1-5(4)11-6/h3-6,11H,1-2H2,(H,10,12)/t4-,5-,6-/m0/s1. The topological polar surface area (TPSA) is 40.7 Å². The minimum atomic E-state index is 0.472. The number of nitrogens with zero attached hydrogens (tertiary/aromatic N) is 1. The Morgan fingerprint density at radius 1 is 1.50 bits per heavy atom. The lowest BCUT2D eigenvalue weighted by atomic mass is 10.2. The number of aromatic amines is 1. The largest absolute Gasteiger partial charge is 0.335 e. The van der Waals surface area contributed by atoms with Crippen molar-refractivity contribution < 1.29 is 0 Å². The molecule has 1 saturated heterocycles. The number of imidazole rings is 1. The molecule has 1 aliphatic carbocycles. The third kappa shape index (κ3) is 1.02. The average Bonchev–Trinajstić information content (AvgIpc) is 2.49. The number of hydrogen-bond acceptors (Lipinski definition) is 2. The van der Waals surface area contributed by atoms with Gasteiger partial charge in [-0.3, -0.25) is 0 Å². The number of halogens is 1. The molecule has 3 nitrogen and oxygen atoms in total. The lowest BCUT2D eigenvalue weighted by Gasteiger charge is -2.08. The van der Waals surface area contributed by atoms with Gasteiger partial charge in [0.1, 0.15) is 10.4 Å². The third-order valence-corrected chi connectivity index (χ3v) is 3.17. The molecule has 0 bridgehead atoms. The predicted octanol–water partition coefficient (Wildman–Crippen LogP) is 1.60. The van der Waals surface area contributed by atoms with Gasteiger partial charge in [-0.1, -0.05) is 0 Å². The van der Waals surface area contributed by atoms with Crippen LogP contribution in [0.25, 0.3) is 0 Å². The Hall–Kier alpha value is -0.350. The molecule has 64 valence electrons. The number of piperidine rings is 1. The molecule has 3 rings (SSSR count). The number of rotatable bonds is 1. The summed E-state index contributed by atoms with van der Waals surface area (Å²) in [7, 11) is 0. The molecule has 2 heterocycles. The lowest BCUT2D eigenvalue weighted by molar-refractivity contribution is 0.542. The Bertz CT molecular complexity index is 299. The first-order valence-electron chi connectivity index (χ1n) is 4.29. The fraction of sp³-hybridized carbons (Fsp3) is 0.625. The molecule has 0 radical (unpaired) electrons. The van der Waals surface area contributed by atoms with Gasteiger partial charge in [0.25, 0.3) is 0 Å². The molecule has 2 aliphatic rings. The van der Waals surface area contributed by atoms with E-state index in [1.54, 1.807) is 0 Å². The third-order valence-electron chi connectivity index (χ3n) is 2.77. The summed E-state index contributed by atoms with van der Waals surface area (Å²) >= 11 is 3.36. The van der Waals surface area contributed by atoms with Gasteiger partial charge in [-0.2, -0.15) is 0 Å². The van der Waals surface area contributed by atoms with E-state index in [4.69, 9.17) is 0 Å². The van der Waals surface area contributed by atoms with Crippen molar-refractivity contribution >= 4 is 15.9 Å². The van der Waals surface area contributed by atoms with E-state index < -0.39 is 0 Å². The Morgan fingerprint density at radius 2 is 2.42 bits per heavy atom. The number of H-pyrrole nitrogens is 1. The molecule has 0 spiro atoms. The maximum atomic E-state index is 4.29. The van der Waals surface area contributed by atoms with Crippen LogP contribution >= 0.6 is 15.9 Å². The van der Waals surface area contributed by atoms with Crippen molar-refractivity contribution in [1.29, 1.82) is 0 Å². The molecule has 1 aromatic heterocycles. The van der Waals surface area contributed by atoms with Crippen LogP contribution in [0.2, 0.25) is 0 Å². The normalized spacial score (nSPS) is 38.2. The van der Waals surface area contributed by atoms with Crippen molar-refractivity contribution in [2.75, 3.05) is 0 Å². The van der Waals surface area contributed by atoms with Crippen LogP contribution in [0.1, 0.15) is 24.7 Å². The van der Waals surface area contributed by atoms with Gasteiger partial charge >= 0.3 is 0 Å². The van der Waals surface area contributed by atoms with E-state index in [0.29, 0.717) is 6.04 Å². The molecule has 2 N–H and O–H groups in total. The van der Waals surface area contributed by atoms with Gasteiger partial charge in [0.05, 0.1) is 12.2 Å². The molecule has 12 heavy (non-hydrogen) atoms. The van der Waals surface area contributed by atoms with Crippen molar-refractivity contribution in [1.82, 2.24) is 15.3 Å². The number of hydrogen-bond donors (Lipinski definition) is 2. The van der Waals surface area contributed by atoms with Gasteiger partial charge in [0.15, 0.2) is 0 Å². The fourth-order valence-electron chi connectivity index (χ4n) is 2.02. The Morgan fingerprint density at radius 3 is 3.00 bits per heavy atom. The summed E-state index contributed by atoms with van der Waals surface area (Å²) in [5.74, 6) is 2.01. The number of fused-ring (bicyclic) bond motifs is 1. The van der Waals surface area contributed by atoms with Gasteiger partial charge in [-0.25, -0.2) is 4.98 Å². The van der Waals surface area contributed by atoms with E-state index in [2.05, 4.69) is 31.2 Å². The molecule has 4 heteroatoms. The summed E-state index contributed by atoms with van der Waals surface area (Å²) in [6, 6.07) is 1.26. The highest BCUT2D eigenvalue weighted by Gasteiger charge is 2.46. The Balaban J connectivity index is 1.81. The molecule has 2 fully saturated rings. The van der Waals surface area contributed by atoms with Crippen LogP contribution in [0.15, 0.2) is 10.8 Å². The predicted molar refractivity (Wildman–Crippen MR) is 48.7 cm³/mol. The highest BCUT2D eigenvalue weighted by molar-refractivity contribution is 9.10. The molecule has 1 aliphatic heterocycles. The molecule has 0 amide bonds. The summed E-state index contributed by atoms with van der Waals surface area (Å²) in [4.78, 5) is 7.49. The van der Waals surface area contributed by atoms with E-state index in [1.807, 2.05) is 6.20 Å². The van der Waals surface area contributed by atoms with Crippen LogP contribution < -0.4 is 5.32 Å². The van der Waals surface area contributed by atoms with E-state index in [-0.39, 0.29) is 0 Å². The SMILES string of the molecule is Brc1cnc([C@@H]2C[C@@H]3C[C@@H]3N2)[nH]1. The Labute approximate surface area is 79.1 Å². The lowest BCUT2D eigenvalue weighted by Crippen LogP contribution is -2.18. The highest BCUT2D eigenvalue weighted by Crippen LogP contribution is 2.45. The van der Waals surface area contributed by atoms with Crippen LogP contribution in [0, 0.1) is 5.92 Å². The smallest absolute Gasteiger partial charge is 0.124 e. The molecule has 0 aromatic carbocycles. The first-order chi connectivity index (χ1) is 5.83. The van der Waals surface area contributed by atoms with Gasteiger partial charge in [0, 0.05) is 6.04 Å². The van der Waals surface area contributed by atoms with Crippen LogP contribution in [0.5, 0.6) is 0 Å². The summed E-state index contributed by atoms with van der Waals surface area (Å²) in [5.41, 5.74) is 0. The quantitative estimate of drug-likeness (QED) is 0.766. The molecule has 1 saturated carbocycles. The highest BCUT2D eigenvalue weighted by atomic mass is 79.9. The van der Waals surface area contributed by atoms with E-state index in [9.17, 15) is 0 Å².